The van der Waals surface area contributed by atoms with E-state index >= 15 is 0 Å². The maximum Gasteiger partial charge on any atom is 0.283 e. The number of carbonyl (C=O) groups excluding carboxylic acids is 1. The molecule has 0 heterocycles. The van der Waals surface area contributed by atoms with E-state index in [0.29, 0.717) is 0 Å². The number of nitrogens with two attached hydrogens (primary N) is 1. The predicted molar refractivity (Wildman–Crippen MR) is 71.7 cm³/mol. The number of nitro groups is 1. The second-order valence-corrected chi connectivity index (χ2v) is 4.04. The van der Waals surface area contributed by atoms with Crippen LogP contribution in [0.1, 0.15) is 10.4 Å². The van der Waals surface area contributed by atoms with Crippen LogP contribution in [0.3, 0.4) is 0 Å². The van der Waals surface area contributed by atoms with Crippen LogP contribution in [-0.4, -0.2) is 29.8 Å². The molecular formula is C10H11Cl2F2N3O3. The first-order valence-electron chi connectivity index (χ1n) is 5.07. The fraction of sp³-hybridized carbons (Fsp3) is 0.300. The lowest BCUT2D eigenvalue weighted by Crippen LogP contribution is -2.41. The van der Waals surface area contributed by atoms with Gasteiger partial charge in [-0.3, -0.25) is 14.9 Å². The van der Waals surface area contributed by atoms with Gasteiger partial charge in [-0.2, -0.15) is 0 Å². The molecule has 1 aromatic carbocycles. The Bertz CT molecular complexity index is 515. The average molecular weight is 330 g/mol. The van der Waals surface area contributed by atoms with Gasteiger partial charge in [0, 0.05) is 6.07 Å². The molecule has 112 valence electrons. The number of amides is 1. The van der Waals surface area contributed by atoms with Crippen molar-refractivity contribution in [1.29, 1.82) is 0 Å². The molecule has 3 N–H and O–H groups in total. The van der Waals surface area contributed by atoms with Crippen molar-refractivity contribution in [2.75, 3.05) is 13.1 Å². The smallest absolute Gasteiger partial charge is 0.283 e. The fourth-order valence-electron chi connectivity index (χ4n) is 1.26. The third kappa shape index (κ3) is 4.55. The van der Waals surface area contributed by atoms with E-state index in [1.165, 1.54) is 12.1 Å². The van der Waals surface area contributed by atoms with Gasteiger partial charge in [0.1, 0.15) is 5.56 Å². The second kappa shape index (κ2) is 7.32. The summed E-state index contributed by atoms with van der Waals surface area (Å²) in [5.74, 6) is -4.34. The predicted octanol–water partition coefficient (Wildman–Crippen LogP) is 1.99. The van der Waals surface area contributed by atoms with Crippen LogP contribution in [0.2, 0.25) is 5.02 Å². The second-order valence-electron chi connectivity index (χ2n) is 3.63. The average Bonchev–Trinajstić information content (AvgIpc) is 2.35. The maximum absolute atomic E-state index is 12.9. The molecule has 0 aliphatic heterocycles. The lowest BCUT2D eigenvalue weighted by atomic mass is 10.1. The van der Waals surface area contributed by atoms with Gasteiger partial charge in [0.15, 0.2) is 0 Å². The van der Waals surface area contributed by atoms with E-state index < -0.39 is 41.1 Å². The van der Waals surface area contributed by atoms with Gasteiger partial charge in [0.2, 0.25) is 0 Å². The van der Waals surface area contributed by atoms with Crippen molar-refractivity contribution in [2.45, 2.75) is 5.92 Å². The minimum Gasteiger partial charge on any atom is -0.346 e. The molecule has 1 amide bonds. The van der Waals surface area contributed by atoms with E-state index in [0.717, 1.165) is 6.07 Å². The van der Waals surface area contributed by atoms with Gasteiger partial charge >= 0.3 is 0 Å². The molecule has 20 heavy (non-hydrogen) atoms. The Balaban J connectivity index is 0.00000361. The maximum atomic E-state index is 12.9. The largest absolute Gasteiger partial charge is 0.346 e. The third-order valence-corrected chi connectivity index (χ3v) is 2.54. The first-order chi connectivity index (χ1) is 8.78. The molecular weight excluding hydrogens is 319 g/mol. The van der Waals surface area contributed by atoms with Crippen molar-refractivity contribution in [2.24, 2.45) is 5.73 Å². The molecule has 0 aliphatic rings. The first kappa shape index (κ1) is 18.5. The normalized spacial score (nSPS) is 10.6. The number of halogens is 4. The number of nitro benzene ring substituents is 1. The topological polar surface area (TPSA) is 98.3 Å². The summed E-state index contributed by atoms with van der Waals surface area (Å²) in [5.41, 5.74) is 3.79. The highest BCUT2D eigenvalue weighted by molar-refractivity contribution is 6.34. The molecule has 10 heteroatoms. The number of rotatable bonds is 5. The van der Waals surface area contributed by atoms with E-state index in [1.807, 2.05) is 5.32 Å². The zero-order chi connectivity index (χ0) is 14.6. The molecule has 0 aromatic heterocycles. The Hall–Kier alpha value is -1.51. The molecule has 0 atom stereocenters. The molecule has 6 nitrogen and oxygen atoms in total. The zero-order valence-electron chi connectivity index (χ0n) is 9.94. The van der Waals surface area contributed by atoms with Crippen molar-refractivity contribution in [3.05, 3.63) is 38.9 Å². The number of nitrogens with zero attached hydrogens (tertiary/aromatic N) is 1. The molecule has 0 bridgehead atoms. The van der Waals surface area contributed by atoms with Gasteiger partial charge in [-0.05, 0) is 6.07 Å². The van der Waals surface area contributed by atoms with Crippen LogP contribution in [0.5, 0.6) is 0 Å². The van der Waals surface area contributed by atoms with E-state index in [4.69, 9.17) is 17.3 Å². The van der Waals surface area contributed by atoms with Crippen LogP contribution in [0.15, 0.2) is 18.2 Å². The fourth-order valence-corrected chi connectivity index (χ4v) is 1.52. The number of hydrogen-bond acceptors (Lipinski definition) is 4. The van der Waals surface area contributed by atoms with Gasteiger partial charge in [-0.25, -0.2) is 8.78 Å². The Morgan fingerprint density at radius 1 is 1.50 bits per heavy atom. The molecule has 0 aliphatic carbocycles. The van der Waals surface area contributed by atoms with Crippen molar-refractivity contribution in [3.8, 4) is 0 Å². The Morgan fingerprint density at radius 3 is 2.60 bits per heavy atom. The monoisotopic (exact) mass is 329 g/mol. The summed E-state index contributed by atoms with van der Waals surface area (Å²) in [6.07, 6.45) is 0. The minimum absolute atomic E-state index is 0. The molecule has 0 saturated heterocycles. The first-order valence-corrected chi connectivity index (χ1v) is 5.45. The molecule has 1 rings (SSSR count). The highest BCUT2D eigenvalue weighted by Gasteiger charge is 2.30. The summed E-state index contributed by atoms with van der Waals surface area (Å²) in [6.45, 7) is -1.97. The number of carbonyl (C=O) groups is 1. The quantitative estimate of drug-likeness (QED) is 0.637. The third-order valence-electron chi connectivity index (χ3n) is 2.22. The molecule has 0 saturated carbocycles. The number of hydrogen-bond donors (Lipinski definition) is 2. The Kier molecular flexibility index (Phi) is 6.77. The van der Waals surface area contributed by atoms with Gasteiger partial charge in [0.05, 0.1) is 23.0 Å². The summed E-state index contributed by atoms with van der Waals surface area (Å²) in [7, 11) is 0. The zero-order valence-corrected chi connectivity index (χ0v) is 11.5. The van der Waals surface area contributed by atoms with E-state index in [-0.39, 0.29) is 17.4 Å². The summed E-state index contributed by atoms with van der Waals surface area (Å²) >= 11 is 5.67. The molecule has 0 spiro atoms. The van der Waals surface area contributed by atoms with Gasteiger partial charge < -0.3 is 11.1 Å². The van der Waals surface area contributed by atoms with E-state index in [2.05, 4.69) is 0 Å². The summed E-state index contributed by atoms with van der Waals surface area (Å²) < 4.78 is 25.8. The SMILES string of the molecule is Cl.NCC(F)(F)CNC(=O)c1c(Cl)cccc1[N+](=O)[O-]. The number of benzene rings is 1. The number of nitrogens with one attached hydrogen (secondary N) is 1. The highest BCUT2D eigenvalue weighted by atomic mass is 35.5. The van der Waals surface area contributed by atoms with Crippen LogP contribution in [0, 0.1) is 10.1 Å². The van der Waals surface area contributed by atoms with Crippen LogP contribution < -0.4 is 11.1 Å². The van der Waals surface area contributed by atoms with Crippen molar-refractivity contribution < 1.29 is 18.5 Å². The minimum atomic E-state index is -3.29. The van der Waals surface area contributed by atoms with Gasteiger partial charge in [0.25, 0.3) is 17.5 Å². The molecule has 0 unspecified atom stereocenters. The van der Waals surface area contributed by atoms with Crippen molar-refractivity contribution in [1.82, 2.24) is 5.32 Å². The summed E-state index contributed by atoms with van der Waals surface area (Å²) in [6, 6.07) is 3.60. The number of alkyl halides is 2. The van der Waals surface area contributed by atoms with E-state index in [1.54, 1.807) is 0 Å². The van der Waals surface area contributed by atoms with Crippen LogP contribution in [0.25, 0.3) is 0 Å². The lowest BCUT2D eigenvalue weighted by Gasteiger charge is -2.14. The Morgan fingerprint density at radius 2 is 2.10 bits per heavy atom. The van der Waals surface area contributed by atoms with Gasteiger partial charge in [-0.15, -0.1) is 12.4 Å². The van der Waals surface area contributed by atoms with E-state index in [9.17, 15) is 23.7 Å². The lowest BCUT2D eigenvalue weighted by molar-refractivity contribution is -0.385. The van der Waals surface area contributed by atoms with Crippen LogP contribution >= 0.6 is 24.0 Å². The van der Waals surface area contributed by atoms with Crippen molar-refractivity contribution in [3.63, 3.8) is 0 Å². The van der Waals surface area contributed by atoms with Gasteiger partial charge in [-0.1, -0.05) is 17.7 Å². The molecule has 1 aromatic rings. The standard InChI is InChI=1S/C10H10ClF2N3O3.ClH/c11-6-2-1-3-7(16(18)19)8(6)9(17)15-5-10(12,13)4-14;/h1-3H,4-5,14H2,(H,15,17);1H. The van der Waals surface area contributed by atoms with Crippen LogP contribution in [0.4, 0.5) is 14.5 Å². The molecule has 0 radical (unpaired) electrons. The van der Waals surface area contributed by atoms with Crippen LogP contribution in [-0.2, 0) is 0 Å². The summed E-state index contributed by atoms with van der Waals surface area (Å²) in [4.78, 5) is 21.6. The molecule has 0 fully saturated rings. The highest BCUT2D eigenvalue weighted by Crippen LogP contribution is 2.26. The Labute approximate surface area is 123 Å². The van der Waals surface area contributed by atoms with Crippen molar-refractivity contribution >= 4 is 35.6 Å². The summed E-state index contributed by atoms with van der Waals surface area (Å²) in [5, 5.41) is 12.4.